The summed E-state index contributed by atoms with van der Waals surface area (Å²) in [5.41, 5.74) is 9.36. The Labute approximate surface area is 226 Å². The van der Waals surface area contributed by atoms with Gasteiger partial charge in [-0.1, -0.05) is 23.8 Å². The van der Waals surface area contributed by atoms with Crippen molar-refractivity contribution in [3.63, 3.8) is 0 Å². The Morgan fingerprint density at radius 3 is 2.21 bits per heavy atom. The molecule has 2 heterocycles. The van der Waals surface area contributed by atoms with Crippen LogP contribution in [0.1, 0.15) is 27.0 Å². The van der Waals surface area contributed by atoms with Crippen LogP contribution in [0.4, 0.5) is 5.82 Å². The Bertz CT molecular complexity index is 1650. The number of ether oxygens (including phenoxy) is 3. The quantitative estimate of drug-likeness (QED) is 0.323. The van der Waals surface area contributed by atoms with Gasteiger partial charge in [0.15, 0.2) is 16.5 Å². The second-order valence-electron chi connectivity index (χ2n) is 8.78. The van der Waals surface area contributed by atoms with Gasteiger partial charge in [-0.2, -0.15) is 8.42 Å². The Hall–Kier alpha value is -4.64. The monoisotopic (exact) mass is 548 g/mol. The van der Waals surface area contributed by atoms with Gasteiger partial charge >= 0.3 is 0 Å². The SMILES string of the molecule is COc1ccc(-c2ccc(C(=O)NS(=O)(=O)c3cccc(N)n3)c(Oc3c(C)cc(C)cc3C)n2)cc1OC. The van der Waals surface area contributed by atoms with Gasteiger partial charge in [0.1, 0.15) is 17.1 Å². The highest BCUT2D eigenvalue weighted by Crippen LogP contribution is 2.35. The summed E-state index contributed by atoms with van der Waals surface area (Å²) in [5.74, 6) is 0.521. The molecule has 0 aliphatic rings. The largest absolute Gasteiger partial charge is 0.493 e. The van der Waals surface area contributed by atoms with Crippen molar-refractivity contribution in [3.05, 3.63) is 82.9 Å². The van der Waals surface area contributed by atoms with Crippen molar-refractivity contribution in [2.75, 3.05) is 20.0 Å². The second-order valence-corrected chi connectivity index (χ2v) is 10.4. The molecule has 2 aromatic heterocycles. The Balaban J connectivity index is 1.80. The summed E-state index contributed by atoms with van der Waals surface area (Å²) in [6.07, 6.45) is 0. The van der Waals surface area contributed by atoms with Crippen LogP contribution in [-0.2, 0) is 10.0 Å². The summed E-state index contributed by atoms with van der Waals surface area (Å²) in [4.78, 5) is 21.7. The van der Waals surface area contributed by atoms with Gasteiger partial charge in [-0.3, -0.25) is 4.79 Å². The molecule has 0 aliphatic heterocycles. The molecule has 4 rings (SSSR count). The summed E-state index contributed by atoms with van der Waals surface area (Å²) in [6.45, 7) is 5.72. The molecule has 0 atom stereocenters. The third kappa shape index (κ3) is 5.93. The number of carbonyl (C=O) groups excluding carboxylic acids is 1. The van der Waals surface area contributed by atoms with Crippen molar-refractivity contribution in [2.45, 2.75) is 25.8 Å². The van der Waals surface area contributed by atoms with Gasteiger partial charge in [-0.25, -0.2) is 14.7 Å². The van der Waals surface area contributed by atoms with Crippen LogP contribution < -0.4 is 24.7 Å². The van der Waals surface area contributed by atoms with E-state index in [1.165, 1.54) is 38.5 Å². The molecule has 0 unspecified atom stereocenters. The molecular weight excluding hydrogens is 520 g/mol. The number of nitrogens with two attached hydrogens (primary N) is 1. The second kappa shape index (κ2) is 11.0. The molecule has 39 heavy (non-hydrogen) atoms. The van der Waals surface area contributed by atoms with E-state index in [0.717, 1.165) is 16.7 Å². The fraction of sp³-hybridized carbons (Fsp3) is 0.179. The first-order valence-corrected chi connectivity index (χ1v) is 13.3. The van der Waals surface area contributed by atoms with Gasteiger partial charge in [0.05, 0.1) is 19.9 Å². The van der Waals surface area contributed by atoms with Crippen molar-refractivity contribution in [3.8, 4) is 34.4 Å². The molecule has 0 bridgehead atoms. The topological polar surface area (TPSA) is 143 Å². The molecule has 0 saturated carbocycles. The summed E-state index contributed by atoms with van der Waals surface area (Å²) in [5, 5.41) is -0.390. The van der Waals surface area contributed by atoms with E-state index in [1.54, 1.807) is 24.3 Å². The van der Waals surface area contributed by atoms with Crippen LogP contribution in [0.15, 0.2) is 65.7 Å². The molecule has 3 N–H and O–H groups in total. The van der Waals surface area contributed by atoms with E-state index in [2.05, 4.69) is 9.97 Å². The van der Waals surface area contributed by atoms with E-state index >= 15 is 0 Å². The van der Waals surface area contributed by atoms with Gasteiger partial charge in [-0.05, 0) is 74.4 Å². The molecule has 11 heteroatoms. The first-order valence-electron chi connectivity index (χ1n) is 11.8. The highest BCUT2D eigenvalue weighted by molar-refractivity contribution is 7.90. The minimum Gasteiger partial charge on any atom is -0.493 e. The normalized spacial score (nSPS) is 11.1. The number of aromatic nitrogens is 2. The number of rotatable bonds is 8. The maximum Gasteiger partial charge on any atom is 0.281 e. The van der Waals surface area contributed by atoms with Crippen LogP contribution in [0.3, 0.4) is 0 Å². The number of hydrogen-bond donors (Lipinski definition) is 2. The number of nitrogen functional groups attached to an aromatic ring is 1. The molecule has 10 nitrogen and oxygen atoms in total. The van der Waals surface area contributed by atoms with E-state index in [1.807, 2.05) is 37.6 Å². The van der Waals surface area contributed by atoms with Crippen molar-refractivity contribution in [1.29, 1.82) is 0 Å². The van der Waals surface area contributed by atoms with Gasteiger partial charge < -0.3 is 19.9 Å². The number of amides is 1. The van der Waals surface area contributed by atoms with Crippen molar-refractivity contribution < 1.29 is 27.4 Å². The lowest BCUT2D eigenvalue weighted by molar-refractivity contribution is 0.0978. The van der Waals surface area contributed by atoms with Crippen LogP contribution in [0.2, 0.25) is 0 Å². The van der Waals surface area contributed by atoms with Crippen LogP contribution >= 0.6 is 0 Å². The fourth-order valence-corrected chi connectivity index (χ4v) is 5.02. The van der Waals surface area contributed by atoms with E-state index in [0.29, 0.717) is 28.5 Å². The Morgan fingerprint density at radius 2 is 1.56 bits per heavy atom. The lowest BCUT2D eigenvalue weighted by Crippen LogP contribution is -2.31. The van der Waals surface area contributed by atoms with Crippen LogP contribution in [-0.4, -0.2) is 38.5 Å². The number of nitrogens with zero attached hydrogens (tertiary/aromatic N) is 2. The van der Waals surface area contributed by atoms with Crippen molar-refractivity contribution in [1.82, 2.24) is 14.7 Å². The van der Waals surface area contributed by atoms with Crippen LogP contribution in [0.5, 0.6) is 23.1 Å². The molecular formula is C28H28N4O6S. The molecule has 0 radical (unpaired) electrons. The lowest BCUT2D eigenvalue weighted by Gasteiger charge is -2.16. The number of benzene rings is 2. The summed E-state index contributed by atoms with van der Waals surface area (Å²) in [7, 11) is -1.27. The number of pyridine rings is 2. The molecule has 1 amide bonds. The maximum absolute atomic E-state index is 13.3. The molecule has 0 aliphatic carbocycles. The zero-order chi connectivity index (χ0) is 28.3. The van der Waals surface area contributed by atoms with E-state index in [-0.39, 0.29) is 17.3 Å². The molecule has 0 saturated heterocycles. The predicted molar refractivity (Wildman–Crippen MR) is 147 cm³/mol. The fourth-order valence-electron chi connectivity index (χ4n) is 4.08. The smallest absolute Gasteiger partial charge is 0.281 e. The molecule has 2 aromatic carbocycles. The number of anilines is 1. The van der Waals surface area contributed by atoms with Crippen molar-refractivity contribution >= 4 is 21.7 Å². The van der Waals surface area contributed by atoms with Gasteiger partial charge in [-0.15, -0.1) is 0 Å². The van der Waals surface area contributed by atoms with Crippen LogP contribution in [0, 0.1) is 20.8 Å². The van der Waals surface area contributed by atoms with Crippen LogP contribution in [0.25, 0.3) is 11.3 Å². The van der Waals surface area contributed by atoms with E-state index < -0.39 is 21.0 Å². The standard InChI is InChI=1S/C28H28N4O6S/c1-16-13-17(2)26(18(3)14-16)38-28-20(27(33)32-39(34,35)25-8-6-7-24(29)31-25)10-11-21(30-28)19-9-12-22(36-4)23(15-19)37-5/h6-15H,1-5H3,(H2,29,31)(H,32,33). The van der Waals surface area contributed by atoms with E-state index in [4.69, 9.17) is 19.9 Å². The van der Waals surface area contributed by atoms with Crippen molar-refractivity contribution in [2.24, 2.45) is 0 Å². The zero-order valence-electron chi connectivity index (χ0n) is 22.1. The maximum atomic E-state index is 13.3. The van der Waals surface area contributed by atoms with Gasteiger partial charge in [0, 0.05) is 5.56 Å². The predicted octanol–water partition coefficient (Wildman–Crippen LogP) is 4.58. The number of sulfonamides is 1. The average molecular weight is 549 g/mol. The minimum atomic E-state index is -4.33. The zero-order valence-corrected chi connectivity index (χ0v) is 22.9. The molecule has 0 spiro atoms. The minimum absolute atomic E-state index is 0.000562. The third-order valence-corrected chi connectivity index (χ3v) is 7.07. The number of methoxy groups -OCH3 is 2. The highest BCUT2D eigenvalue weighted by atomic mass is 32.2. The number of hydrogen-bond acceptors (Lipinski definition) is 9. The summed E-state index contributed by atoms with van der Waals surface area (Å²) < 4.78 is 44.7. The summed E-state index contributed by atoms with van der Waals surface area (Å²) in [6, 6.07) is 16.3. The number of nitrogens with one attached hydrogen (secondary N) is 1. The first kappa shape index (κ1) is 27.4. The summed E-state index contributed by atoms with van der Waals surface area (Å²) >= 11 is 0. The Morgan fingerprint density at radius 1 is 0.872 bits per heavy atom. The van der Waals surface area contributed by atoms with E-state index in [9.17, 15) is 13.2 Å². The molecule has 0 fully saturated rings. The average Bonchev–Trinajstić information content (AvgIpc) is 2.89. The highest BCUT2D eigenvalue weighted by Gasteiger charge is 2.25. The molecule has 4 aromatic rings. The number of aryl methyl sites for hydroxylation is 3. The third-order valence-electron chi connectivity index (χ3n) is 5.84. The lowest BCUT2D eigenvalue weighted by atomic mass is 10.1. The first-order chi connectivity index (χ1) is 18.5. The number of carbonyl (C=O) groups is 1. The van der Waals surface area contributed by atoms with Gasteiger partial charge in [0.25, 0.3) is 15.9 Å². The van der Waals surface area contributed by atoms with Gasteiger partial charge in [0.2, 0.25) is 5.88 Å². The Kier molecular flexibility index (Phi) is 7.73. The molecule has 202 valence electrons.